The van der Waals surface area contributed by atoms with E-state index >= 15 is 0 Å². The summed E-state index contributed by atoms with van der Waals surface area (Å²) in [7, 11) is -2.03. The number of carboxylic acids is 1. The minimum atomic E-state index is -3.71. The fourth-order valence-corrected chi connectivity index (χ4v) is 2.59. The van der Waals surface area contributed by atoms with Crippen LogP contribution in [-0.2, 0) is 21.9 Å². The van der Waals surface area contributed by atoms with Gasteiger partial charge in [0.05, 0.1) is 4.90 Å². The van der Waals surface area contributed by atoms with E-state index in [1.807, 2.05) is 0 Å². The predicted molar refractivity (Wildman–Crippen MR) is 77.1 cm³/mol. The summed E-state index contributed by atoms with van der Waals surface area (Å²) in [6.07, 6.45) is 3.98. The molecule has 0 fully saturated rings. The first-order valence-corrected chi connectivity index (χ1v) is 7.39. The van der Waals surface area contributed by atoms with E-state index in [0.29, 0.717) is 5.56 Å². The number of aryl methyl sites for hydroxylation is 1. The second-order valence-corrected chi connectivity index (χ2v) is 5.90. The number of aromatic nitrogens is 2. The van der Waals surface area contributed by atoms with Crippen molar-refractivity contribution in [3.63, 3.8) is 0 Å². The zero-order valence-corrected chi connectivity index (χ0v) is 11.9. The Kier molecular flexibility index (Phi) is 4.08. The van der Waals surface area contributed by atoms with Gasteiger partial charge in [-0.3, -0.25) is 9.40 Å². The monoisotopic (exact) mass is 307 g/mol. The first-order valence-electron chi connectivity index (χ1n) is 5.90. The average molecular weight is 307 g/mol. The lowest BCUT2D eigenvalue weighted by atomic mass is 10.2. The van der Waals surface area contributed by atoms with Gasteiger partial charge in [0.1, 0.15) is 0 Å². The van der Waals surface area contributed by atoms with Gasteiger partial charge >= 0.3 is 5.97 Å². The summed E-state index contributed by atoms with van der Waals surface area (Å²) in [4.78, 5) is 10.5. The smallest absolute Gasteiger partial charge is 0.328 e. The Bertz CT molecular complexity index is 776. The number of carbonyl (C=O) groups is 1. The number of aliphatic carboxylic acids is 1. The zero-order valence-electron chi connectivity index (χ0n) is 11.1. The number of rotatable bonds is 5. The van der Waals surface area contributed by atoms with Crippen molar-refractivity contribution in [2.75, 3.05) is 4.72 Å². The Balaban J connectivity index is 2.19. The van der Waals surface area contributed by atoms with Crippen LogP contribution in [0.3, 0.4) is 0 Å². The lowest BCUT2D eigenvalue weighted by molar-refractivity contribution is -0.131. The van der Waals surface area contributed by atoms with Gasteiger partial charge in [-0.2, -0.15) is 5.10 Å². The largest absolute Gasteiger partial charge is 0.478 e. The molecule has 1 aromatic carbocycles. The molecule has 0 bridgehead atoms. The molecule has 8 heteroatoms. The van der Waals surface area contributed by atoms with Crippen molar-refractivity contribution < 1.29 is 18.3 Å². The zero-order chi connectivity index (χ0) is 15.5. The first-order chi connectivity index (χ1) is 9.87. The van der Waals surface area contributed by atoms with Crippen molar-refractivity contribution in [1.82, 2.24) is 9.78 Å². The maximum Gasteiger partial charge on any atom is 0.328 e. The number of hydrogen-bond donors (Lipinski definition) is 2. The van der Waals surface area contributed by atoms with Crippen molar-refractivity contribution in [3.05, 3.63) is 48.2 Å². The molecule has 0 saturated heterocycles. The summed E-state index contributed by atoms with van der Waals surface area (Å²) < 4.78 is 28.1. The molecule has 2 aromatic rings. The average Bonchev–Trinajstić information content (AvgIpc) is 2.81. The van der Waals surface area contributed by atoms with Crippen LogP contribution in [0.25, 0.3) is 6.08 Å². The number of nitrogens with one attached hydrogen (secondary N) is 1. The molecule has 0 spiro atoms. The van der Waals surface area contributed by atoms with Gasteiger partial charge < -0.3 is 5.11 Å². The molecule has 0 amide bonds. The van der Waals surface area contributed by atoms with Crippen LogP contribution in [0.15, 0.2) is 47.5 Å². The third-order valence-electron chi connectivity index (χ3n) is 2.56. The maximum atomic E-state index is 12.1. The molecule has 0 aliphatic carbocycles. The summed E-state index contributed by atoms with van der Waals surface area (Å²) in [6.45, 7) is 0. The van der Waals surface area contributed by atoms with Crippen LogP contribution in [0.4, 0.5) is 5.82 Å². The Morgan fingerprint density at radius 3 is 2.48 bits per heavy atom. The van der Waals surface area contributed by atoms with Gasteiger partial charge in [-0.15, -0.1) is 0 Å². The minimum Gasteiger partial charge on any atom is -0.478 e. The summed E-state index contributed by atoms with van der Waals surface area (Å²) in [5, 5.41) is 12.5. The number of sulfonamides is 1. The van der Waals surface area contributed by atoms with E-state index in [2.05, 4.69) is 9.82 Å². The molecular weight excluding hydrogens is 294 g/mol. The molecule has 0 unspecified atom stereocenters. The van der Waals surface area contributed by atoms with E-state index in [9.17, 15) is 13.2 Å². The Morgan fingerprint density at radius 1 is 1.29 bits per heavy atom. The number of hydrogen-bond acceptors (Lipinski definition) is 4. The normalized spacial score (nSPS) is 11.7. The SMILES string of the molecule is Cn1ccc(NS(=O)(=O)c2ccc(C=CC(=O)O)cc2)n1. The molecule has 1 heterocycles. The van der Waals surface area contributed by atoms with E-state index in [1.165, 1.54) is 35.0 Å². The summed E-state index contributed by atoms with van der Waals surface area (Å²) in [6, 6.07) is 7.37. The van der Waals surface area contributed by atoms with Crippen molar-refractivity contribution in [2.24, 2.45) is 7.05 Å². The van der Waals surface area contributed by atoms with Crippen LogP contribution >= 0.6 is 0 Å². The standard InChI is InChI=1S/C13H13N3O4S/c1-16-9-8-12(14-16)15-21(19,20)11-5-2-10(3-6-11)4-7-13(17)18/h2-9H,1H3,(H,14,15)(H,17,18). The van der Waals surface area contributed by atoms with Gasteiger partial charge in [0.15, 0.2) is 5.82 Å². The molecule has 7 nitrogen and oxygen atoms in total. The topological polar surface area (TPSA) is 101 Å². The lowest BCUT2D eigenvalue weighted by Gasteiger charge is -2.05. The Labute approximate surface area is 121 Å². The fraction of sp³-hybridized carbons (Fsp3) is 0.0769. The molecule has 2 rings (SSSR count). The van der Waals surface area contributed by atoms with Crippen molar-refractivity contribution in [2.45, 2.75) is 4.90 Å². The second-order valence-electron chi connectivity index (χ2n) is 4.22. The van der Waals surface area contributed by atoms with E-state index in [0.717, 1.165) is 6.08 Å². The third-order valence-corrected chi connectivity index (χ3v) is 3.93. The van der Waals surface area contributed by atoms with Crippen LogP contribution in [0, 0.1) is 0 Å². The summed E-state index contributed by atoms with van der Waals surface area (Å²) in [5.41, 5.74) is 0.592. The summed E-state index contributed by atoms with van der Waals surface area (Å²) >= 11 is 0. The number of nitrogens with zero attached hydrogens (tertiary/aromatic N) is 2. The van der Waals surface area contributed by atoms with Gasteiger partial charge in [-0.1, -0.05) is 12.1 Å². The molecule has 0 aliphatic heterocycles. The van der Waals surface area contributed by atoms with Crippen LogP contribution < -0.4 is 4.72 Å². The van der Waals surface area contributed by atoms with E-state index < -0.39 is 16.0 Å². The molecule has 0 aliphatic rings. The van der Waals surface area contributed by atoms with Crippen molar-refractivity contribution in [3.8, 4) is 0 Å². The molecule has 1 aromatic heterocycles. The maximum absolute atomic E-state index is 12.1. The van der Waals surface area contributed by atoms with Crippen LogP contribution in [-0.4, -0.2) is 29.3 Å². The Morgan fingerprint density at radius 2 is 1.95 bits per heavy atom. The van der Waals surface area contributed by atoms with Crippen molar-refractivity contribution in [1.29, 1.82) is 0 Å². The lowest BCUT2D eigenvalue weighted by Crippen LogP contribution is -2.13. The molecular formula is C13H13N3O4S. The molecule has 0 atom stereocenters. The quantitative estimate of drug-likeness (QED) is 0.811. The second kappa shape index (κ2) is 5.80. The highest BCUT2D eigenvalue weighted by Gasteiger charge is 2.14. The van der Waals surface area contributed by atoms with Crippen LogP contribution in [0.5, 0.6) is 0 Å². The molecule has 2 N–H and O–H groups in total. The van der Waals surface area contributed by atoms with Gasteiger partial charge in [0.25, 0.3) is 10.0 Å². The third kappa shape index (κ3) is 3.93. The van der Waals surface area contributed by atoms with E-state index in [4.69, 9.17) is 5.11 Å². The number of carboxylic acid groups (broad SMARTS) is 1. The number of benzene rings is 1. The molecule has 0 radical (unpaired) electrons. The van der Waals surface area contributed by atoms with Crippen LogP contribution in [0.1, 0.15) is 5.56 Å². The van der Waals surface area contributed by atoms with Gasteiger partial charge in [-0.05, 0) is 23.8 Å². The minimum absolute atomic E-state index is 0.0700. The summed E-state index contributed by atoms with van der Waals surface area (Å²) in [5.74, 6) is -0.837. The highest BCUT2D eigenvalue weighted by molar-refractivity contribution is 7.92. The fourth-order valence-electron chi connectivity index (χ4n) is 1.59. The van der Waals surface area contributed by atoms with Gasteiger partial charge in [-0.25, -0.2) is 13.2 Å². The predicted octanol–water partition coefficient (Wildman–Crippen LogP) is 1.32. The first kappa shape index (κ1) is 14.8. The van der Waals surface area contributed by atoms with E-state index in [-0.39, 0.29) is 10.7 Å². The molecule has 0 saturated carbocycles. The highest BCUT2D eigenvalue weighted by atomic mass is 32.2. The molecule has 21 heavy (non-hydrogen) atoms. The van der Waals surface area contributed by atoms with Crippen molar-refractivity contribution >= 4 is 27.9 Å². The van der Waals surface area contributed by atoms with Gasteiger partial charge in [0, 0.05) is 25.4 Å². The van der Waals surface area contributed by atoms with Gasteiger partial charge in [0.2, 0.25) is 0 Å². The number of anilines is 1. The highest BCUT2D eigenvalue weighted by Crippen LogP contribution is 2.15. The molecule has 110 valence electrons. The Hall–Kier alpha value is -2.61. The van der Waals surface area contributed by atoms with E-state index in [1.54, 1.807) is 19.3 Å². The van der Waals surface area contributed by atoms with Crippen LogP contribution in [0.2, 0.25) is 0 Å².